The molecule has 70 valence electrons. The monoisotopic (exact) mass is 170 g/mol. The first-order valence-corrected chi connectivity index (χ1v) is 4.33. The van der Waals surface area contributed by atoms with Gasteiger partial charge in [-0.15, -0.1) is 6.58 Å². The molecule has 0 fully saturated rings. The molecular weight excluding hydrogens is 152 g/mol. The van der Waals surface area contributed by atoms with Gasteiger partial charge in [0.15, 0.2) is 6.29 Å². The molecule has 1 N–H and O–H groups in total. The fourth-order valence-electron chi connectivity index (χ4n) is 0.761. The number of aliphatic hydroxyl groups excluding tert-OH is 1. The van der Waals surface area contributed by atoms with Gasteiger partial charge < -0.3 is 9.84 Å². The lowest BCUT2D eigenvalue weighted by molar-refractivity contribution is -0.0740. The minimum absolute atomic E-state index is 0.492. The third kappa shape index (κ3) is 9.40. The van der Waals surface area contributed by atoms with Crippen LogP contribution in [0.15, 0.2) is 24.8 Å². The Bertz CT molecular complexity index is 128. The van der Waals surface area contributed by atoms with Gasteiger partial charge in [-0.05, 0) is 26.2 Å². The summed E-state index contributed by atoms with van der Waals surface area (Å²) in [6.45, 7) is 5.73. The predicted octanol–water partition coefficient (Wildman–Crippen LogP) is 2.25. The third-order valence-electron chi connectivity index (χ3n) is 1.38. The van der Waals surface area contributed by atoms with E-state index >= 15 is 0 Å². The molecule has 2 nitrogen and oxygen atoms in total. The molecule has 12 heavy (non-hydrogen) atoms. The van der Waals surface area contributed by atoms with Crippen LogP contribution in [-0.2, 0) is 4.74 Å². The summed E-state index contributed by atoms with van der Waals surface area (Å²) >= 11 is 0. The SMILES string of the molecule is C=CCCCC=CCOC(C)O. The van der Waals surface area contributed by atoms with Crippen molar-refractivity contribution in [1.82, 2.24) is 0 Å². The molecule has 0 saturated heterocycles. The first-order valence-electron chi connectivity index (χ1n) is 4.33. The van der Waals surface area contributed by atoms with Crippen molar-refractivity contribution in [2.75, 3.05) is 6.61 Å². The average molecular weight is 170 g/mol. The zero-order chi connectivity index (χ0) is 9.23. The molecule has 0 amide bonds. The van der Waals surface area contributed by atoms with Gasteiger partial charge in [-0.2, -0.15) is 0 Å². The van der Waals surface area contributed by atoms with E-state index < -0.39 is 6.29 Å². The molecule has 1 atom stereocenters. The largest absolute Gasteiger partial charge is 0.368 e. The van der Waals surface area contributed by atoms with Crippen LogP contribution >= 0.6 is 0 Å². The van der Waals surface area contributed by atoms with Crippen molar-refractivity contribution < 1.29 is 9.84 Å². The van der Waals surface area contributed by atoms with Crippen LogP contribution in [0.25, 0.3) is 0 Å². The van der Waals surface area contributed by atoms with E-state index in [4.69, 9.17) is 9.84 Å². The summed E-state index contributed by atoms with van der Waals surface area (Å²) in [5.41, 5.74) is 0. The zero-order valence-electron chi connectivity index (χ0n) is 7.70. The highest BCUT2D eigenvalue weighted by atomic mass is 16.6. The van der Waals surface area contributed by atoms with Crippen LogP contribution in [0.1, 0.15) is 26.2 Å². The van der Waals surface area contributed by atoms with Gasteiger partial charge in [0.25, 0.3) is 0 Å². The van der Waals surface area contributed by atoms with Gasteiger partial charge in [0.05, 0.1) is 6.61 Å². The molecule has 0 saturated carbocycles. The number of rotatable bonds is 7. The highest BCUT2D eigenvalue weighted by Crippen LogP contribution is 1.96. The smallest absolute Gasteiger partial charge is 0.152 e. The summed E-state index contributed by atoms with van der Waals surface area (Å²) in [6.07, 6.45) is 8.48. The highest BCUT2D eigenvalue weighted by molar-refractivity contribution is 4.82. The molecule has 0 aliphatic carbocycles. The van der Waals surface area contributed by atoms with E-state index in [1.807, 2.05) is 12.2 Å². The van der Waals surface area contributed by atoms with Gasteiger partial charge in [-0.1, -0.05) is 18.2 Å². The number of aliphatic hydroxyl groups is 1. The van der Waals surface area contributed by atoms with E-state index in [2.05, 4.69) is 12.7 Å². The van der Waals surface area contributed by atoms with Crippen LogP contribution in [0.2, 0.25) is 0 Å². The second-order valence-corrected chi connectivity index (χ2v) is 2.62. The Morgan fingerprint density at radius 3 is 2.75 bits per heavy atom. The molecular formula is C10H18O2. The summed E-state index contributed by atoms with van der Waals surface area (Å²) in [5.74, 6) is 0. The van der Waals surface area contributed by atoms with Crippen LogP contribution in [0.3, 0.4) is 0 Å². The quantitative estimate of drug-likeness (QED) is 0.361. The first kappa shape index (κ1) is 11.4. The zero-order valence-corrected chi connectivity index (χ0v) is 7.70. The van der Waals surface area contributed by atoms with Gasteiger partial charge in [-0.25, -0.2) is 0 Å². The Hall–Kier alpha value is -0.600. The summed E-state index contributed by atoms with van der Waals surface area (Å²) in [7, 11) is 0. The summed E-state index contributed by atoms with van der Waals surface area (Å²) in [5, 5.41) is 8.72. The summed E-state index contributed by atoms with van der Waals surface area (Å²) in [6, 6.07) is 0. The number of unbranched alkanes of at least 4 members (excludes halogenated alkanes) is 2. The average Bonchev–Trinajstić information content (AvgIpc) is 2.02. The maximum Gasteiger partial charge on any atom is 0.152 e. The normalized spacial score (nSPS) is 13.5. The lowest BCUT2D eigenvalue weighted by Gasteiger charge is -2.01. The van der Waals surface area contributed by atoms with Crippen LogP contribution in [0.5, 0.6) is 0 Å². The molecule has 0 bridgehead atoms. The third-order valence-corrected chi connectivity index (χ3v) is 1.38. The Labute approximate surface area is 74.6 Å². The van der Waals surface area contributed by atoms with Crippen molar-refractivity contribution in [3.05, 3.63) is 24.8 Å². The van der Waals surface area contributed by atoms with Crippen LogP contribution < -0.4 is 0 Å². The van der Waals surface area contributed by atoms with Crippen LogP contribution in [0.4, 0.5) is 0 Å². The fourth-order valence-corrected chi connectivity index (χ4v) is 0.761. The van der Waals surface area contributed by atoms with Gasteiger partial charge in [-0.3, -0.25) is 0 Å². The Morgan fingerprint density at radius 2 is 2.17 bits per heavy atom. The molecule has 0 aliphatic heterocycles. The fraction of sp³-hybridized carbons (Fsp3) is 0.600. The minimum Gasteiger partial charge on any atom is -0.368 e. The minimum atomic E-state index is -0.664. The maximum absolute atomic E-state index is 8.72. The van der Waals surface area contributed by atoms with Crippen molar-refractivity contribution in [3.8, 4) is 0 Å². The summed E-state index contributed by atoms with van der Waals surface area (Å²) < 4.78 is 4.90. The van der Waals surface area contributed by atoms with E-state index in [9.17, 15) is 0 Å². The lowest BCUT2D eigenvalue weighted by Crippen LogP contribution is -2.05. The van der Waals surface area contributed by atoms with E-state index in [0.29, 0.717) is 6.61 Å². The van der Waals surface area contributed by atoms with Crippen LogP contribution in [-0.4, -0.2) is 18.0 Å². The topological polar surface area (TPSA) is 29.5 Å². The number of hydrogen-bond acceptors (Lipinski definition) is 2. The van der Waals surface area contributed by atoms with Crippen molar-refractivity contribution in [2.24, 2.45) is 0 Å². The molecule has 1 unspecified atom stereocenters. The number of allylic oxidation sites excluding steroid dienone is 2. The molecule has 0 aromatic carbocycles. The summed E-state index contributed by atoms with van der Waals surface area (Å²) in [4.78, 5) is 0. The Morgan fingerprint density at radius 1 is 1.42 bits per heavy atom. The van der Waals surface area contributed by atoms with Gasteiger partial charge >= 0.3 is 0 Å². The van der Waals surface area contributed by atoms with Crippen molar-refractivity contribution in [1.29, 1.82) is 0 Å². The molecule has 0 radical (unpaired) electrons. The molecule has 0 heterocycles. The number of hydrogen-bond donors (Lipinski definition) is 1. The lowest BCUT2D eigenvalue weighted by atomic mass is 10.2. The highest BCUT2D eigenvalue weighted by Gasteiger charge is 1.88. The van der Waals surface area contributed by atoms with E-state index in [-0.39, 0.29) is 0 Å². The molecule has 0 spiro atoms. The van der Waals surface area contributed by atoms with Gasteiger partial charge in [0.2, 0.25) is 0 Å². The molecule has 2 heteroatoms. The second kappa shape index (κ2) is 8.50. The van der Waals surface area contributed by atoms with Crippen LogP contribution in [0, 0.1) is 0 Å². The van der Waals surface area contributed by atoms with Gasteiger partial charge in [0.1, 0.15) is 0 Å². The van der Waals surface area contributed by atoms with Crippen molar-refractivity contribution in [3.63, 3.8) is 0 Å². The van der Waals surface area contributed by atoms with Gasteiger partial charge in [0, 0.05) is 0 Å². The molecule has 0 aromatic heterocycles. The Kier molecular flexibility index (Phi) is 8.07. The number of ether oxygens (including phenoxy) is 1. The van der Waals surface area contributed by atoms with E-state index in [0.717, 1.165) is 19.3 Å². The standard InChI is InChI=1S/C10H18O2/c1-3-4-5-6-7-8-9-12-10(2)11/h3,7-8,10-11H,1,4-6,9H2,2H3. The van der Waals surface area contributed by atoms with Crippen molar-refractivity contribution in [2.45, 2.75) is 32.5 Å². The van der Waals surface area contributed by atoms with E-state index in [1.54, 1.807) is 6.92 Å². The molecule has 0 aliphatic rings. The second-order valence-electron chi connectivity index (χ2n) is 2.62. The predicted molar refractivity (Wildman–Crippen MR) is 50.8 cm³/mol. The molecule has 0 aromatic rings. The Balaban J connectivity index is 3.08. The maximum atomic E-state index is 8.72. The molecule has 0 rings (SSSR count). The first-order chi connectivity index (χ1) is 5.77. The van der Waals surface area contributed by atoms with Crippen molar-refractivity contribution >= 4 is 0 Å². The van der Waals surface area contributed by atoms with E-state index in [1.165, 1.54) is 0 Å².